The molecule has 3 N–H and O–H groups in total. The number of Topliss-reactive ketones (excluding diaryl/α,β-unsaturated/α-hetero) is 1. The van der Waals surface area contributed by atoms with E-state index in [1.54, 1.807) is 0 Å². The molecule has 9 atom stereocenters. The number of ether oxygens (including phenoxy) is 1. The van der Waals surface area contributed by atoms with Crippen molar-refractivity contribution in [3.8, 4) is 0 Å². The van der Waals surface area contributed by atoms with Gasteiger partial charge < -0.3 is 20.1 Å². The first-order valence-corrected chi connectivity index (χ1v) is 10.4. The minimum Gasteiger partial charge on any atom is -0.462 e. The second kappa shape index (κ2) is 5.89. The first-order chi connectivity index (χ1) is 12.9. The second-order valence-corrected chi connectivity index (χ2v) is 10.3. The molecular formula is C22H32O6. The third kappa shape index (κ3) is 2.09. The SMILES string of the molecule is C=C1C(=O)C23C(O)CC4C(C)(C)C(OC(C)=O)CC(O)C4(C)C2CCC1C3O. The van der Waals surface area contributed by atoms with Crippen molar-refractivity contribution >= 4 is 11.8 Å². The zero-order valence-electron chi connectivity index (χ0n) is 17.1. The summed E-state index contributed by atoms with van der Waals surface area (Å²) < 4.78 is 5.55. The van der Waals surface area contributed by atoms with Gasteiger partial charge in [0.15, 0.2) is 5.78 Å². The van der Waals surface area contributed by atoms with E-state index >= 15 is 0 Å². The van der Waals surface area contributed by atoms with Crippen LogP contribution in [0.1, 0.15) is 53.4 Å². The zero-order chi connectivity index (χ0) is 20.8. The Bertz CT molecular complexity index is 743. The molecule has 1 spiro atoms. The van der Waals surface area contributed by atoms with Gasteiger partial charge in [-0.2, -0.15) is 0 Å². The van der Waals surface area contributed by atoms with Crippen molar-refractivity contribution < 1.29 is 29.6 Å². The van der Waals surface area contributed by atoms with Gasteiger partial charge in [-0.15, -0.1) is 0 Å². The largest absolute Gasteiger partial charge is 0.462 e. The lowest BCUT2D eigenvalue weighted by Gasteiger charge is -2.67. The van der Waals surface area contributed by atoms with Crippen LogP contribution in [0.15, 0.2) is 12.2 Å². The molecule has 6 heteroatoms. The molecule has 0 aromatic heterocycles. The van der Waals surface area contributed by atoms with E-state index in [0.29, 0.717) is 18.4 Å². The summed E-state index contributed by atoms with van der Waals surface area (Å²) in [6, 6.07) is 0. The fraction of sp³-hybridized carbons (Fsp3) is 0.818. The number of hydrogen-bond acceptors (Lipinski definition) is 6. The number of aliphatic hydroxyl groups is 3. The zero-order valence-corrected chi connectivity index (χ0v) is 17.1. The minimum atomic E-state index is -1.28. The van der Waals surface area contributed by atoms with E-state index in [-0.39, 0.29) is 42.3 Å². The van der Waals surface area contributed by atoms with Crippen LogP contribution in [0.5, 0.6) is 0 Å². The lowest BCUT2D eigenvalue weighted by molar-refractivity contribution is -0.270. The molecule has 0 radical (unpaired) electrons. The topological polar surface area (TPSA) is 104 Å². The maximum absolute atomic E-state index is 13.3. The van der Waals surface area contributed by atoms with Crippen LogP contribution in [0.3, 0.4) is 0 Å². The number of carbonyl (C=O) groups is 2. The number of hydrogen-bond donors (Lipinski definition) is 3. The van der Waals surface area contributed by atoms with Gasteiger partial charge >= 0.3 is 5.97 Å². The van der Waals surface area contributed by atoms with Crippen LogP contribution in [-0.2, 0) is 14.3 Å². The van der Waals surface area contributed by atoms with Gasteiger partial charge in [0.05, 0.1) is 23.7 Å². The van der Waals surface area contributed by atoms with Gasteiger partial charge in [-0.3, -0.25) is 9.59 Å². The Balaban J connectivity index is 1.84. The van der Waals surface area contributed by atoms with Crippen LogP contribution in [0.2, 0.25) is 0 Å². The Morgan fingerprint density at radius 2 is 1.71 bits per heavy atom. The van der Waals surface area contributed by atoms with E-state index in [0.717, 1.165) is 0 Å². The van der Waals surface area contributed by atoms with Gasteiger partial charge in [-0.1, -0.05) is 27.4 Å². The monoisotopic (exact) mass is 392 g/mol. The molecule has 0 aromatic carbocycles. The van der Waals surface area contributed by atoms with Crippen molar-refractivity contribution in [1.82, 2.24) is 0 Å². The van der Waals surface area contributed by atoms with Gasteiger partial charge in [0.2, 0.25) is 0 Å². The Morgan fingerprint density at radius 1 is 1.07 bits per heavy atom. The van der Waals surface area contributed by atoms with Crippen LogP contribution in [0, 0.1) is 34.0 Å². The molecule has 0 aliphatic heterocycles. The first kappa shape index (κ1) is 20.0. The minimum absolute atomic E-state index is 0.163. The average Bonchev–Trinajstić information content (AvgIpc) is 2.71. The molecule has 2 bridgehead atoms. The van der Waals surface area contributed by atoms with Crippen LogP contribution in [0.25, 0.3) is 0 Å². The lowest BCUT2D eigenvalue weighted by Crippen LogP contribution is -2.71. The van der Waals surface area contributed by atoms with Crippen LogP contribution < -0.4 is 0 Å². The van der Waals surface area contributed by atoms with Gasteiger partial charge in [0, 0.05) is 30.1 Å². The van der Waals surface area contributed by atoms with Crippen LogP contribution in [0.4, 0.5) is 0 Å². The van der Waals surface area contributed by atoms with E-state index < -0.39 is 40.7 Å². The number of fused-ring (bicyclic) bond motifs is 3. The molecule has 4 fully saturated rings. The Labute approximate surface area is 166 Å². The molecule has 0 amide bonds. The quantitative estimate of drug-likeness (QED) is 0.463. The molecule has 28 heavy (non-hydrogen) atoms. The van der Waals surface area contributed by atoms with Crippen molar-refractivity contribution in [1.29, 1.82) is 0 Å². The highest BCUT2D eigenvalue weighted by Crippen LogP contribution is 2.71. The summed E-state index contributed by atoms with van der Waals surface area (Å²) in [7, 11) is 0. The molecule has 4 saturated carbocycles. The summed E-state index contributed by atoms with van der Waals surface area (Å²) in [6.45, 7) is 11.3. The van der Waals surface area contributed by atoms with E-state index in [2.05, 4.69) is 6.58 Å². The smallest absolute Gasteiger partial charge is 0.302 e. The maximum atomic E-state index is 13.3. The molecule has 4 aliphatic rings. The summed E-state index contributed by atoms with van der Waals surface area (Å²) >= 11 is 0. The molecule has 4 rings (SSSR count). The number of carbonyl (C=O) groups excluding carboxylic acids is 2. The van der Waals surface area contributed by atoms with E-state index in [1.165, 1.54) is 6.92 Å². The lowest BCUT2D eigenvalue weighted by atomic mass is 9.38. The average molecular weight is 392 g/mol. The summed E-state index contributed by atoms with van der Waals surface area (Å²) in [5.74, 6) is -1.43. The third-order valence-electron chi connectivity index (χ3n) is 9.05. The molecule has 9 unspecified atom stereocenters. The number of esters is 1. The molecule has 6 nitrogen and oxygen atoms in total. The highest BCUT2D eigenvalue weighted by atomic mass is 16.5. The van der Waals surface area contributed by atoms with Crippen molar-refractivity contribution in [2.24, 2.45) is 34.0 Å². The Kier molecular flexibility index (Phi) is 4.22. The number of aliphatic hydroxyl groups excluding tert-OH is 3. The van der Waals surface area contributed by atoms with Crippen LogP contribution >= 0.6 is 0 Å². The standard InChI is InChI=1S/C22H32O6/c1-10-12-6-7-13-21(5)14(8-16(25)22(13,18(10)26)19(12)27)20(3,4)17(9-15(21)24)28-11(2)23/h12-17,19,24-25,27H,1,6-9H2,2-5H3. The summed E-state index contributed by atoms with van der Waals surface area (Å²) in [5, 5.41) is 33.7. The van der Waals surface area contributed by atoms with Crippen LogP contribution in [-0.4, -0.2) is 51.5 Å². The van der Waals surface area contributed by atoms with E-state index in [1.807, 2.05) is 20.8 Å². The Morgan fingerprint density at radius 3 is 2.32 bits per heavy atom. The molecule has 0 heterocycles. The predicted octanol–water partition coefficient (Wildman–Crippen LogP) is 1.61. The fourth-order valence-electron chi connectivity index (χ4n) is 7.66. The van der Waals surface area contributed by atoms with Crippen molar-refractivity contribution in [3.05, 3.63) is 12.2 Å². The van der Waals surface area contributed by atoms with Crippen molar-refractivity contribution in [3.63, 3.8) is 0 Å². The summed E-state index contributed by atoms with van der Waals surface area (Å²) in [4.78, 5) is 24.9. The Hall–Kier alpha value is -1.24. The summed E-state index contributed by atoms with van der Waals surface area (Å²) in [6.07, 6.45) is -1.38. The van der Waals surface area contributed by atoms with E-state index in [9.17, 15) is 24.9 Å². The predicted molar refractivity (Wildman–Crippen MR) is 101 cm³/mol. The van der Waals surface area contributed by atoms with E-state index in [4.69, 9.17) is 4.74 Å². The number of ketones is 1. The fourth-order valence-corrected chi connectivity index (χ4v) is 7.66. The van der Waals surface area contributed by atoms with Gasteiger partial charge in [-0.25, -0.2) is 0 Å². The third-order valence-corrected chi connectivity index (χ3v) is 9.05. The molecule has 0 saturated heterocycles. The molecule has 156 valence electrons. The summed E-state index contributed by atoms with van der Waals surface area (Å²) in [5.41, 5.74) is -2.02. The van der Waals surface area contributed by atoms with Crippen molar-refractivity contribution in [2.75, 3.05) is 0 Å². The number of rotatable bonds is 1. The molecule has 0 aromatic rings. The van der Waals surface area contributed by atoms with Gasteiger partial charge in [0.1, 0.15) is 6.10 Å². The van der Waals surface area contributed by atoms with Gasteiger partial charge in [0.25, 0.3) is 0 Å². The second-order valence-electron chi connectivity index (χ2n) is 10.3. The highest BCUT2D eigenvalue weighted by molar-refractivity contribution is 6.04. The van der Waals surface area contributed by atoms with Crippen molar-refractivity contribution in [2.45, 2.75) is 77.8 Å². The maximum Gasteiger partial charge on any atom is 0.302 e. The normalized spacial score (nSPS) is 52.0. The first-order valence-electron chi connectivity index (χ1n) is 10.4. The highest BCUT2D eigenvalue weighted by Gasteiger charge is 2.76. The van der Waals surface area contributed by atoms with Gasteiger partial charge in [-0.05, 0) is 36.7 Å². The molecule has 4 aliphatic carbocycles. The molecular weight excluding hydrogens is 360 g/mol.